The molecule has 1 unspecified atom stereocenters. The minimum atomic E-state index is -0.834. The van der Waals surface area contributed by atoms with Gasteiger partial charge in [-0.1, -0.05) is 91.0 Å². The molecule has 0 fully saturated rings. The van der Waals surface area contributed by atoms with Crippen LogP contribution >= 0.6 is 0 Å². The summed E-state index contributed by atoms with van der Waals surface area (Å²) in [5.41, 5.74) is 5.73. The number of rotatable bonds is 5. The Morgan fingerprint density at radius 2 is 1.38 bits per heavy atom. The van der Waals surface area contributed by atoms with E-state index in [0.29, 0.717) is 5.56 Å². The normalized spacial score (nSPS) is 18.8. The standard InChI is InChI=1S/C23H19NO2/c25-22(19-12-6-2-7-13-19)17-23(20-14-8-3-9-15-20)16-21(24-26-23)18-10-4-1-5-11-18/h1-16,24H,17H2. The zero-order chi connectivity index (χ0) is 17.8. The molecule has 0 aliphatic carbocycles. The summed E-state index contributed by atoms with van der Waals surface area (Å²) in [6, 6.07) is 29.2. The third kappa shape index (κ3) is 3.17. The highest BCUT2D eigenvalue weighted by Gasteiger charge is 2.39. The van der Waals surface area contributed by atoms with E-state index in [1.165, 1.54) is 0 Å². The smallest absolute Gasteiger partial charge is 0.166 e. The fourth-order valence-corrected chi connectivity index (χ4v) is 3.21. The van der Waals surface area contributed by atoms with Crippen molar-refractivity contribution in [3.63, 3.8) is 0 Å². The van der Waals surface area contributed by atoms with Crippen molar-refractivity contribution < 1.29 is 9.63 Å². The lowest BCUT2D eigenvalue weighted by molar-refractivity contribution is -0.0388. The van der Waals surface area contributed by atoms with Crippen LogP contribution in [0.2, 0.25) is 0 Å². The van der Waals surface area contributed by atoms with Gasteiger partial charge in [0.1, 0.15) is 5.60 Å². The lowest BCUT2D eigenvalue weighted by Gasteiger charge is -2.25. The van der Waals surface area contributed by atoms with E-state index in [9.17, 15) is 4.79 Å². The second kappa shape index (κ2) is 6.98. The van der Waals surface area contributed by atoms with Crippen molar-refractivity contribution in [2.24, 2.45) is 0 Å². The summed E-state index contributed by atoms with van der Waals surface area (Å²) in [4.78, 5) is 18.9. The lowest BCUT2D eigenvalue weighted by atomic mass is 9.86. The first-order valence-electron chi connectivity index (χ1n) is 8.63. The molecular formula is C23H19NO2. The van der Waals surface area contributed by atoms with Gasteiger partial charge in [0.05, 0.1) is 12.1 Å². The monoisotopic (exact) mass is 341 g/mol. The van der Waals surface area contributed by atoms with E-state index in [1.807, 2.05) is 97.1 Å². The van der Waals surface area contributed by atoms with Crippen LogP contribution in [-0.2, 0) is 10.4 Å². The second-order valence-corrected chi connectivity index (χ2v) is 6.35. The van der Waals surface area contributed by atoms with Crippen LogP contribution in [0.4, 0.5) is 0 Å². The van der Waals surface area contributed by atoms with Crippen LogP contribution in [0.1, 0.15) is 27.9 Å². The second-order valence-electron chi connectivity index (χ2n) is 6.35. The van der Waals surface area contributed by atoms with Gasteiger partial charge in [0, 0.05) is 5.56 Å². The van der Waals surface area contributed by atoms with E-state index in [4.69, 9.17) is 4.84 Å². The molecule has 0 spiro atoms. The third-order valence-electron chi connectivity index (χ3n) is 4.59. The highest BCUT2D eigenvalue weighted by molar-refractivity contribution is 5.97. The Balaban J connectivity index is 1.73. The summed E-state index contributed by atoms with van der Waals surface area (Å²) in [5.74, 6) is 0.0433. The summed E-state index contributed by atoms with van der Waals surface area (Å²) < 4.78 is 0. The molecule has 1 atom stereocenters. The molecule has 4 rings (SSSR count). The van der Waals surface area contributed by atoms with E-state index in [1.54, 1.807) is 0 Å². The van der Waals surface area contributed by atoms with Gasteiger partial charge in [-0.25, -0.2) is 0 Å². The summed E-state index contributed by atoms with van der Waals surface area (Å²) in [5, 5.41) is 0. The predicted molar refractivity (Wildman–Crippen MR) is 102 cm³/mol. The minimum absolute atomic E-state index is 0.0433. The number of hydroxylamine groups is 1. The van der Waals surface area contributed by atoms with Crippen LogP contribution in [0.25, 0.3) is 5.70 Å². The molecule has 0 saturated carbocycles. The van der Waals surface area contributed by atoms with E-state index in [2.05, 4.69) is 5.48 Å². The molecule has 3 nitrogen and oxygen atoms in total. The van der Waals surface area contributed by atoms with E-state index < -0.39 is 5.60 Å². The minimum Gasteiger partial charge on any atom is -0.294 e. The van der Waals surface area contributed by atoms with Gasteiger partial charge in [-0.05, 0) is 17.2 Å². The number of hydrogen-bond acceptors (Lipinski definition) is 3. The fraction of sp³-hybridized carbons (Fsp3) is 0.0870. The number of ketones is 1. The molecule has 0 radical (unpaired) electrons. The Morgan fingerprint density at radius 3 is 2.04 bits per heavy atom. The fourth-order valence-electron chi connectivity index (χ4n) is 3.21. The summed E-state index contributed by atoms with van der Waals surface area (Å²) in [7, 11) is 0. The van der Waals surface area contributed by atoms with Gasteiger partial charge < -0.3 is 0 Å². The first kappa shape index (κ1) is 16.3. The number of Topliss-reactive ketones (excluding diaryl/α,β-unsaturated/α-hetero) is 1. The largest absolute Gasteiger partial charge is 0.294 e. The molecule has 26 heavy (non-hydrogen) atoms. The molecule has 1 aliphatic rings. The molecule has 3 heteroatoms. The summed E-state index contributed by atoms with van der Waals surface area (Å²) in [6.45, 7) is 0. The van der Waals surface area contributed by atoms with Crippen molar-refractivity contribution in [2.45, 2.75) is 12.0 Å². The van der Waals surface area contributed by atoms with Crippen LogP contribution in [-0.4, -0.2) is 5.78 Å². The highest BCUT2D eigenvalue weighted by atomic mass is 16.7. The number of benzene rings is 3. The zero-order valence-corrected chi connectivity index (χ0v) is 14.3. The van der Waals surface area contributed by atoms with Crippen molar-refractivity contribution in [1.82, 2.24) is 5.48 Å². The van der Waals surface area contributed by atoms with Crippen LogP contribution in [0, 0.1) is 0 Å². The quantitative estimate of drug-likeness (QED) is 0.682. The van der Waals surface area contributed by atoms with E-state index in [0.717, 1.165) is 16.8 Å². The number of nitrogens with one attached hydrogen (secondary N) is 1. The molecule has 1 aliphatic heterocycles. The van der Waals surface area contributed by atoms with Crippen LogP contribution in [0.5, 0.6) is 0 Å². The first-order valence-corrected chi connectivity index (χ1v) is 8.63. The predicted octanol–water partition coefficient (Wildman–Crippen LogP) is 4.73. The maximum Gasteiger partial charge on any atom is 0.166 e. The van der Waals surface area contributed by atoms with Gasteiger partial charge in [-0.2, -0.15) is 0 Å². The van der Waals surface area contributed by atoms with Gasteiger partial charge in [-0.3, -0.25) is 15.1 Å². The van der Waals surface area contributed by atoms with Gasteiger partial charge >= 0.3 is 0 Å². The van der Waals surface area contributed by atoms with Crippen LogP contribution < -0.4 is 5.48 Å². The molecular weight excluding hydrogens is 322 g/mol. The van der Waals surface area contributed by atoms with Gasteiger partial charge in [0.2, 0.25) is 0 Å². The van der Waals surface area contributed by atoms with Gasteiger partial charge in [0.25, 0.3) is 0 Å². The van der Waals surface area contributed by atoms with Crippen molar-refractivity contribution >= 4 is 11.5 Å². The molecule has 0 saturated heterocycles. The Labute approximate surface area is 152 Å². The molecule has 1 N–H and O–H groups in total. The highest BCUT2D eigenvalue weighted by Crippen LogP contribution is 2.38. The summed E-state index contributed by atoms with van der Waals surface area (Å²) >= 11 is 0. The molecule has 0 amide bonds. The Morgan fingerprint density at radius 1 is 0.808 bits per heavy atom. The first-order chi connectivity index (χ1) is 12.8. The Hall–Kier alpha value is -3.17. The van der Waals surface area contributed by atoms with Crippen LogP contribution in [0.15, 0.2) is 97.1 Å². The lowest BCUT2D eigenvalue weighted by Crippen LogP contribution is -2.30. The maximum absolute atomic E-state index is 12.9. The van der Waals surface area contributed by atoms with Crippen molar-refractivity contribution in [3.05, 3.63) is 114 Å². The molecule has 0 aromatic heterocycles. The van der Waals surface area contributed by atoms with Gasteiger partial charge in [-0.15, -0.1) is 0 Å². The number of carbonyl (C=O) groups excluding carboxylic acids is 1. The van der Waals surface area contributed by atoms with Crippen LogP contribution in [0.3, 0.4) is 0 Å². The van der Waals surface area contributed by atoms with E-state index in [-0.39, 0.29) is 12.2 Å². The van der Waals surface area contributed by atoms with Gasteiger partial charge in [0.15, 0.2) is 5.78 Å². The maximum atomic E-state index is 12.9. The molecule has 1 heterocycles. The molecule has 3 aromatic carbocycles. The summed E-state index contributed by atoms with van der Waals surface area (Å²) in [6.07, 6.45) is 2.24. The Bertz CT molecular complexity index is 920. The number of hydrogen-bond donors (Lipinski definition) is 1. The topological polar surface area (TPSA) is 38.3 Å². The average Bonchev–Trinajstić information content (AvgIpc) is 3.15. The van der Waals surface area contributed by atoms with Crippen molar-refractivity contribution in [3.8, 4) is 0 Å². The molecule has 0 bridgehead atoms. The van der Waals surface area contributed by atoms with E-state index >= 15 is 0 Å². The number of carbonyl (C=O) groups is 1. The zero-order valence-electron chi connectivity index (χ0n) is 14.3. The van der Waals surface area contributed by atoms with Crippen molar-refractivity contribution in [2.75, 3.05) is 0 Å². The molecule has 3 aromatic rings. The third-order valence-corrected chi connectivity index (χ3v) is 4.59. The van der Waals surface area contributed by atoms with Crippen molar-refractivity contribution in [1.29, 1.82) is 0 Å². The Kier molecular flexibility index (Phi) is 4.38. The molecule has 128 valence electrons. The SMILES string of the molecule is O=C(CC1(c2ccccc2)C=C(c2ccccc2)NO1)c1ccccc1. The average molecular weight is 341 g/mol.